The fraction of sp³-hybridized carbons (Fsp3) is 0.688. The number of hydrogen-bond acceptors (Lipinski definition) is 3. The molecule has 0 spiro atoms. The van der Waals surface area contributed by atoms with Crippen molar-refractivity contribution in [3.05, 3.63) is 24.2 Å². The number of likely N-dealkylation sites (tertiary alicyclic amines) is 1. The van der Waals surface area contributed by atoms with Crippen molar-refractivity contribution in [2.45, 2.75) is 38.6 Å². The highest BCUT2D eigenvalue weighted by molar-refractivity contribution is 5.79. The zero-order valence-corrected chi connectivity index (χ0v) is 13.3. The van der Waals surface area contributed by atoms with Gasteiger partial charge >= 0.3 is 0 Å². The Morgan fingerprint density at radius 1 is 1.43 bits per heavy atom. The van der Waals surface area contributed by atoms with Crippen molar-refractivity contribution in [2.24, 2.45) is 4.99 Å². The van der Waals surface area contributed by atoms with Crippen molar-refractivity contribution in [1.29, 1.82) is 0 Å². The summed E-state index contributed by atoms with van der Waals surface area (Å²) in [6, 6.07) is 4.46. The first-order valence-electron chi connectivity index (χ1n) is 8.03. The molecule has 5 nitrogen and oxygen atoms in total. The summed E-state index contributed by atoms with van der Waals surface area (Å²) >= 11 is 0. The van der Waals surface area contributed by atoms with Crippen LogP contribution in [0.3, 0.4) is 0 Å². The van der Waals surface area contributed by atoms with E-state index in [1.165, 1.54) is 38.9 Å². The molecule has 118 valence electrons. The number of hydrogen-bond donors (Lipinski definition) is 2. The Bertz CT molecular complexity index is 408. The van der Waals surface area contributed by atoms with Crippen LogP contribution in [0.15, 0.2) is 27.8 Å². The average Bonchev–Trinajstić information content (AvgIpc) is 3.01. The lowest BCUT2D eigenvalue weighted by Crippen LogP contribution is -2.49. The highest BCUT2D eigenvalue weighted by Crippen LogP contribution is 2.10. The Balaban J connectivity index is 1.66. The van der Waals surface area contributed by atoms with Gasteiger partial charge in [0.25, 0.3) is 0 Å². The zero-order valence-electron chi connectivity index (χ0n) is 13.3. The number of aliphatic imine (C=N–C) groups is 1. The van der Waals surface area contributed by atoms with Gasteiger partial charge in [-0.3, -0.25) is 4.99 Å². The maximum atomic E-state index is 5.33. The molecule has 1 aromatic rings. The van der Waals surface area contributed by atoms with Gasteiger partial charge in [0.2, 0.25) is 0 Å². The highest BCUT2D eigenvalue weighted by Gasteiger charge is 2.19. The minimum absolute atomic E-state index is 0.535. The van der Waals surface area contributed by atoms with E-state index in [0.717, 1.165) is 24.7 Å². The summed E-state index contributed by atoms with van der Waals surface area (Å²) in [5.41, 5.74) is 0. The highest BCUT2D eigenvalue weighted by atomic mass is 16.3. The van der Waals surface area contributed by atoms with Gasteiger partial charge in [-0.25, -0.2) is 0 Å². The summed E-state index contributed by atoms with van der Waals surface area (Å²) < 4.78 is 5.33. The zero-order chi connectivity index (χ0) is 14.9. The molecule has 1 saturated heterocycles. The maximum Gasteiger partial charge on any atom is 0.191 e. The van der Waals surface area contributed by atoms with E-state index in [1.54, 1.807) is 6.26 Å². The van der Waals surface area contributed by atoms with Crippen LogP contribution in [0.4, 0.5) is 0 Å². The van der Waals surface area contributed by atoms with Crippen LogP contribution in [-0.2, 0) is 6.42 Å². The fourth-order valence-electron chi connectivity index (χ4n) is 2.76. The average molecular weight is 292 g/mol. The second kappa shape index (κ2) is 8.72. The lowest BCUT2D eigenvalue weighted by molar-refractivity contribution is 0.206. The van der Waals surface area contributed by atoms with E-state index in [2.05, 4.69) is 27.4 Å². The second-order valence-corrected chi connectivity index (χ2v) is 5.59. The Hall–Kier alpha value is -1.49. The summed E-state index contributed by atoms with van der Waals surface area (Å²) in [7, 11) is 1.83. The summed E-state index contributed by atoms with van der Waals surface area (Å²) in [6.07, 6.45) is 6.22. The summed E-state index contributed by atoms with van der Waals surface area (Å²) in [4.78, 5) is 6.85. The first-order chi connectivity index (χ1) is 10.3. The first kappa shape index (κ1) is 15.9. The van der Waals surface area contributed by atoms with Crippen LogP contribution < -0.4 is 10.6 Å². The van der Waals surface area contributed by atoms with Gasteiger partial charge in [0, 0.05) is 39.1 Å². The molecule has 2 N–H and O–H groups in total. The van der Waals surface area contributed by atoms with E-state index in [4.69, 9.17) is 4.42 Å². The fourth-order valence-corrected chi connectivity index (χ4v) is 2.76. The standard InChI is InChI=1S/C16H28N4O/c1-3-10-20-11-7-14(8-12-20)19-16(17-2)18-9-6-15-5-4-13-21-15/h4-5,13-14H,3,6-12H2,1-2H3,(H2,17,18,19). The number of guanidine groups is 1. The molecular weight excluding hydrogens is 264 g/mol. The lowest BCUT2D eigenvalue weighted by Gasteiger charge is -2.32. The second-order valence-electron chi connectivity index (χ2n) is 5.59. The third-order valence-corrected chi connectivity index (χ3v) is 3.94. The van der Waals surface area contributed by atoms with Crippen molar-refractivity contribution >= 4 is 5.96 Å². The van der Waals surface area contributed by atoms with Crippen LogP contribution in [0.5, 0.6) is 0 Å². The van der Waals surface area contributed by atoms with Gasteiger partial charge in [0.1, 0.15) is 5.76 Å². The van der Waals surface area contributed by atoms with Crippen molar-refractivity contribution in [2.75, 3.05) is 33.2 Å². The first-order valence-corrected chi connectivity index (χ1v) is 8.03. The van der Waals surface area contributed by atoms with Gasteiger partial charge in [0.05, 0.1) is 6.26 Å². The molecule has 0 aliphatic carbocycles. The van der Waals surface area contributed by atoms with Gasteiger partial charge in [-0.05, 0) is 37.9 Å². The number of piperidine rings is 1. The molecular formula is C16H28N4O. The molecule has 1 aliphatic rings. The smallest absolute Gasteiger partial charge is 0.191 e. The van der Waals surface area contributed by atoms with Crippen molar-refractivity contribution in [1.82, 2.24) is 15.5 Å². The SMILES string of the molecule is CCCN1CCC(NC(=NC)NCCc2ccco2)CC1. The number of furan rings is 1. The largest absolute Gasteiger partial charge is 0.469 e. The summed E-state index contributed by atoms with van der Waals surface area (Å²) in [5, 5.41) is 6.89. The molecule has 5 heteroatoms. The van der Waals surface area contributed by atoms with Crippen LogP contribution in [0, 0.1) is 0 Å². The number of rotatable bonds is 6. The van der Waals surface area contributed by atoms with Crippen molar-refractivity contribution in [3.63, 3.8) is 0 Å². The monoisotopic (exact) mass is 292 g/mol. The summed E-state index contributed by atoms with van der Waals surface area (Å²) in [5.74, 6) is 1.90. The predicted molar refractivity (Wildman–Crippen MR) is 86.7 cm³/mol. The van der Waals surface area contributed by atoms with Gasteiger partial charge in [0.15, 0.2) is 5.96 Å². The Kier molecular flexibility index (Phi) is 6.60. The minimum atomic E-state index is 0.535. The van der Waals surface area contributed by atoms with Crippen LogP contribution in [0.2, 0.25) is 0 Å². The molecule has 0 unspecified atom stereocenters. The number of nitrogens with zero attached hydrogens (tertiary/aromatic N) is 2. The van der Waals surface area contributed by atoms with Gasteiger partial charge in [-0.15, -0.1) is 0 Å². The third kappa shape index (κ3) is 5.42. The molecule has 1 aliphatic heterocycles. The minimum Gasteiger partial charge on any atom is -0.469 e. The third-order valence-electron chi connectivity index (χ3n) is 3.94. The van der Waals surface area contributed by atoms with Gasteiger partial charge in [-0.1, -0.05) is 6.92 Å². The molecule has 0 saturated carbocycles. The molecule has 0 aromatic carbocycles. The molecule has 0 radical (unpaired) electrons. The Morgan fingerprint density at radius 3 is 2.86 bits per heavy atom. The topological polar surface area (TPSA) is 52.8 Å². The normalized spacial score (nSPS) is 17.9. The van der Waals surface area contributed by atoms with Crippen LogP contribution in [0.1, 0.15) is 31.9 Å². The van der Waals surface area contributed by atoms with Crippen LogP contribution >= 0.6 is 0 Å². The van der Waals surface area contributed by atoms with Gasteiger partial charge < -0.3 is 20.0 Å². The molecule has 2 heterocycles. The predicted octanol–water partition coefficient (Wildman–Crippen LogP) is 1.86. The molecule has 1 fully saturated rings. The van der Waals surface area contributed by atoms with E-state index in [9.17, 15) is 0 Å². The van der Waals surface area contributed by atoms with E-state index in [1.807, 2.05) is 19.2 Å². The van der Waals surface area contributed by atoms with E-state index < -0.39 is 0 Å². The number of nitrogens with one attached hydrogen (secondary N) is 2. The van der Waals surface area contributed by atoms with E-state index >= 15 is 0 Å². The van der Waals surface area contributed by atoms with Crippen LogP contribution in [0.25, 0.3) is 0 Å². The van der Waals surface area contributed by atoms with E-state index in [0.29, 0.717) is 6.04 Å². The lowest BCUT2D eigenvalue weighted by atomic mass is 10.1. The molecule has 1 aromatic heterocycles. The van der Waals surface area contributed by atoms with E-state index in [-0.39, 0.29) is 0 Å². The Morgan fingerprint density at radius 2 is 2.24 bits per heavy atom. The molecule has 2 rings (SSSR count). The Labute approximate surface area is 127 Å². The van der Waals surface area contributed by atoms with Gasteiger partial charge in [-0.2, -0.15) is 0 Å². The van der Waals surface area contributed by atoms with Crippen molar-refractivity contribution in [3.8, 4) is 0 Å². The van der Waals surface area contributed by atoms with Crippen LogP contribution in [-0.4, -0.2) is 50.1 Å². The molecule has 0 bridgehead atoms. The summed E-state index contributed by atoms with van der Waals surface area (Å²) in [6.45, 7) is 6.68. The molecule has 0 amide bonds. The molecule has 21 heavy (non-hydrogen) atoms. The molecule has 0 atom stereocenters. The van der Waals surface area contributed by atoms with Crippen molar-refractivity contribution < 1.29 is 4.42 Å². The quantitative estimate of drug-likeness (QED) is 0.621. The maximum absolute atomic E-state index is 5.33.